The van der Waals surface area contributed by atoms with E-state index in [4.69, 9.17) is 9.47 Å². The van der Waals surface area contributed by atoms with Crippen molar-refractivity contribution in [1.82, 2.24) is 4.90 Å². The minimum Gasteiger partial charge on any atom is -0.492 e. The van der Waals surface area contributed by atoms with Crippen LogP contribution in [0.1, 0.15) is 18.9 Å². The second-order valence-corrected chi connectivity index (χ2v) is 4.89. The van der Waals surface area contributed by atoms with Gasteiger partial charge in [0.2, 0.25) is 0 Å². The van der Waals surface area contributed by atoms with E-state index in [1.807, 2.05) is 38.2 Å². The summed E-state index contributed by atoms with van der Waals surface area (Å²) in [5, 5.41) is 0. The minimum absolute atomic E-state index is 0.215. The summed E-state index contributed by atoms with van der Waals surface area (Å²) in [4.78, 5) is 14.1. The largest absolute Gasteiger partial charge is 0.492 e. The van der Waals surface area contributed by atoms with Gasteiger partial charge in [0.05, 0.1) is 13.7 Å². The van der Waals surface area contributed by atoms with Gasteiger partial charge in [-0.25, -0.2) is 0 Å². The van der Waals surface area contributed by atoms with Crippen LogP contribution in [0.3, 0.4) is 0 Å². The molecular weight excluding hydrogens is 254 g/mol. The van der Waals surface area contributed by atoms with E-state index in [1.54, 1.807) is 7.11 Å². The number of likely N-dealkylation sites (N-methyl/N-ethyl adjacent to an activating group) is 1. The molecule has 0 aromatic heterocycles. The van der Waals surface area contributed by atoms with E-state index in [9.17, 15) is 4.79 Å². The highest BCUT2D eigenvalue weighted by atomic mass is 16.5. The molecule has 0 bridgehead atoms. The van der Waals surface area contributed by atoms with E-state index >= 15 is 0 Å². The molecule has 0 atom stereocenters. The Morgan fingerprint density at radius 2 is 2.20 bits per heavy atom. The fourth-order valence-electron chi connectivity index (χ4n) is 2.36. The number of carbonyl (C=O) groups excluding carboxylic acids is 1. The Kier molecular flexibility index (Phi) is 4.79. The van der Waals surface area contributed by atoms with Crippen molar-refractivity contribution in [2.24, 2.45) is 0 Å². The first-order chi connectivity index (χ1) is 9.65. The van der Waals surface area contributed by atoms with Crippen LogP contribution in [0.2, 0.25) is 0 Å². The monoisotopic (exact) mass is 275 g/mol. The van der Waals surface area contributed by atoms with Crippen molar-refractivity contribution in [2.45, 2.75) is 13.3 Å². The Morgan fingerprint density at radius 1 is 1.40 bits per heavy atom. The molecule has 0 N–H and O–H groups in total. The number of para-hydroxylation sites is 1. The highest BCUT2D eigenvalue weighted by molar-refractivity contribution is 6.01. The second kappa shape index (κ2) is 6.57. The summed E-state index contributed by atoms with van der Waals surface area (Å²) in [6, 6.07) is 5.73. The lowest BCUT2D eigenvalue weighted by atomic mass is 10.0. The van der Waals surface area contributed by atoms with Gasteiger partial charge in [0, 0.05) is 30.6 Å². The molecule has 20 heavy (non-hydrogen) atoms. The van der Waals surface area contributed by atoms with Gasteiger partial charge < -0.3 is 14.4 Å². The molecule has 1 aromatic carbocycles. The zero-order chi connectivity index (χ0) is 14.5. The summed E-state index contributed by atoms with van der Waals surface area (Å²) in [7, 11) is 3.64. The Labute approximate surface area is 120 Å². The first-order valence-electron chi connectivity index (χ1n) is 6.87. The molecule has 1 aliphatic heterocycles. The molecule has 2 rings (SSSR count). The van der Waals surface area contributed by atoms with E-state index in [0.717, 1.165) is 17.7 Å². The van der Waals surface area contributed by atoms with Crippen LogP contribution in [0.5, 0.6) is 11.5 Å². The van der Waals surface area contributed by atoms with E-state index < -0.39 is 0 Å². The van der Waals surface area contributed by atoms with Crippen molar-refractivity contribution in [3.05, 3.63) is 29.3 Å². The Morgan fingerprint density at radius 3 is 2.90 bits per heavy atom. The molecule has 1 fully saturated rings. The number of methoxy groups -OCH3 is 1. The molecule has 1 heterocycles. The molecule has 0 aliphatic carbocycles. The molecule has 108 valence electrons. The quantitative estimate of drug-likeness (QED) is 0.791. The van der Waals surface area contributed by atoms with Gasteiger partial charge in [0.1, 0.15) is 0 Å². The third-order valence-corrected chi connectivity index (χ3v) is 3.36. The summed E-state index contributed by atoms with van der Waals surface area (Å²) < 4.78 is 11.0. The van der Waals surface area contributed by atoms with Crippen molar-refractivity contribution < 1.29 is 14.3 Å². The maximum absolute atomic E-state index is 12.0. The van der Waals surface area contributed by atoms with Gasteiger partial charge in [-0.3, -0.25) is 4.79 Å². The van der Waals surface area contributed by atoms with Crippen molar-refractivity contribution in [2.75, 3.05) is 33.9 Å². The molecule has 1 saturated heterocycles. The number of carbonyl (C=O) groups is 1. The predicted octanol–water partition coefficient (Wildman–Crippen LogP) is 2.38. The smallest absolute Gasteiger partial charge is 0.167 e. The number of hydrogen-bond acceptors (Lipinski definition) is 4. The summed E-state index contributed by atoms with van der Waals surface area (Å²) >= 11 is 0. The SMILES string of the molecule is CCOc1cccc(/C=C2\CN(C)CCC2=O)c1OC. The summed E-state index contributed by atoms with van der Waals surface area (Å²) in [6.07, 6.45) is 2.50. The number of ketones is 1. The summed E-state index contributed by atoms with van der Waals surface area (Å²) in [6.45, 7) is 4.02. The van der Waals surface area contributed by atoms with E-state index in [0.29, 0.717) is 31.1 Å². The lowest BCUT2D eigenvalue weighted by Gasteiger charge is -2.23. The maximum atomic E-state index is 12.0. The predicted molar refractivity (Wildman–Crippen MR) is 79.3 cm³/mol. The van der Waals surface area contributed by atoms with Crippen molar-refractivity contribution >= 4 is 11.9 Å². The van der Waals surface area contributed by atoms with Gasteiger partial charge in [0.15, 0.2) is 17.3 Å². The molecule has 0 radical (unpaired) electrons. The topological polar surface area (TPSA) is 38.8 Å². The minimum atomic E-state index is 0.215. The van der Waals surface area contributed by atoms with Crippen LogP contribution in [0.4, 0.5) is 0 Å². The number of hydrogen-bond donors (Lipinski definition) is 0. The number of Topliss-reactive ketones (excluding diaryl/α,β-unsaturated/α-hetero) is 1. The fraction of sp³-hybridized carbons (Fsp3) is 0.438. The van der Waals surface area contributed by atoms with E-state index in [2.05, 4.69) is 4.90 Å². The summed E-state index contributed by atoms with van der Waals surface area (Å²) in [5.74, 6) is 1.61. The first-order valence-corrected chi connectivity index (χ1v) is 6.87. The zero-order valence-corrected chi connectivity index (χ0v) is 12.3. The van der Waals surface area contributed by atoms with Gasteiger partial charge in [-0.1, -0.05) is 12.1 Å². The van der Waals surface area contributed by atoms with Crippen LogP contribution >= 0.6 is 0 Å². The average Bonchev–Trinajstić information content (AvgIpc) is 2.43. The van der Waals surface area contributed by atoms with Gasteiger partial charge in [0.25, 0.3) is 0 Å². The zero-order valence-electron chi connectivity index (χ0n) is 12.3. The molecule has 0 unspecified atom stereocenters. The van der Waals surface area contributed by atoms with Crippen molar-refractivity contribution in [3.8, 4) is 11.5 Å². The standard InChI is InChI=1S/C16H21NO3/c1-4-20-15-7-5-6-12(16(15)19-3)10-13-11-17(2)9-8-14(13)18/h5-7,10H,4,8-9,11H2,1-3H3/b13-10+. The number of ether oxygens (including phenoxy) is 2. The molecule has 1 aromatic rings. The van der Waals surface area contributed by atoms with Crippen molar-refractivity contribution in [1.29, 1.82) is 0 Å². The van der Waals surface area contributed by atoms with Gasteiger partial charge in [-0.05, 0) is 26.1 Å². The van der Waals surface area contributed by atoms with Crippen LogP contribution in [-0.4, -0.2) is 44.5 Å². The van der Waals surface area contributed by atoms with Crippen LogP contribution in [-0.2, 0) is 4.79 Å². The second-order valence-electron chi connectivity index (χ2n) is 4.89. The van der Waals surface area contributed by atoms with Gasteiger partial charge in [-0.2, -0.15) is 0 Å². The van der Waals surface area contributed by atoms with Crippen LogP contribution in [0.15, 0.2) is 23.8 Å². The number of rotatable bonds is 4. The Hall–Kier alpha value is -1.81. The third-order valence-electron chi connectivity index (χ3n) is 3.36. The van der Waals surface area contributed by atoms with Gasteiger partial charge in [-0.15, -0.1) is 0 Å². The number of nitrogens with zero attached hydrogens (tertiary/aromatic N) is 1. The Bertz CT molecular complexity index is 522. The molecule has 1 aliphatic rings. The highest BCUT2D eigenvalue weighted by Crippen LogP contribution is 2.33. The average molecular weight is 275 g/mol. The highest BCUT2D eigenvalue weighted by Gasteiger charge is 2.19. The lowest BCUT2D eigenvalue weighted by Crippen LogP contribution is -2.32. The van der Waals surface area contributed by atoms with Crippen molar-refractivity contribution in [3.63, 3.8) is 0 Å². The van der Waals surface area contributed by atoms with Gasteiger partial charge >= 0.3 is 0 Å². The Balaban J connectivity index is 2.36. The van der Waals surface area contributed by atoms with E-state index in [-0.39, 0.29) is 5.78 Å². The fourth-order valence-corrected chi connectivity index (χ4v) is 2.36. The number of benzene rings is 1. The van der Waals surface area contributed by atoms with Crippen LogP contribution < -0.4 is 9.47 Å². The van der Waals surface area contributed by atoms with Crippen LogP contribution in [0.25, 0.3) is 6.08 Å². The molecule has 4 heteroatoms. The summed E-state index contributed by atoms with van der Waals surface area (Å²) in [5.41, 5.74) is 1.71. The molecule has 0 spiro atoms. The molecule has 0 saturated carbocycles. The molecule has 0 amide bonds. The van der Waals surface area contributed by atoms with Crippen LogP contribution in [0, 0.1) is 0 Å². The van der Waals surface area contributed by atoms with E-state index in [1.165, 1.54) is 0 Å². The number of piperidine rings is 1. The lowest BCUT2D eigenvalue weighted by molar-refractivity contribution is -0.117. The normalized spacial score (nSPS) is 18.4. The third kappa shape index (κ3) is 3.20. The first kappa shape index (κ1) is 14.6. The number of likely N-dealkylation sites (tertiary alicyclic amines) is 1. The molecular formula is C16H21NO3. The molecule has 4 nitrogen and oxygen atoms in total. The maximum Gasteiger partial charge on any atom is 0.167 e.